The highest BCUT2D eigenvalue weighted by Crippen LogP contribution is 2.40. The predicted molar refractivity (Wildman–Crippen MR) is 56.1 cm³/mol. The van der Waals surface area contributed by atoms with E-state index in [-0.39, 0.29) is 0 Å². The number of benzene rings is 1. The van der Waals surface area contributed by atoms with Crippen molar-refractivity contribution in [2.75, 3.05) is 13.8 Å². The molecule has 1 aromatic rings. The molecule has 0 fully saturated rings. The van der Waals surface area contributed by atoms with Gasteiger partial charge in [-0.25, -0.2) is 0 Å². The van der Waals surface area contributed by atoms with Crippen LogP contribution in [0.2, 0.25) is 0 Å². The summed E-state index contributed by atoms with van der Waals surface area (Å²) in [7, 11) is -1.10. The summed E-state index contributed by atoms with van der Waals surface area (Å²) in [5.74, 6) is 0. The molecule has 1 rings (SSSR count). The summed E-state index contributed by atoms with van der Waals surface area (Å²) in [5.41, 5.74) is 2.21. The van der Waals surface area contributed by atoms with E-state index in [2.05, 4.69) is 0 Å². The lowest BCUT2D eigenvalue weighted by atomic mass is 10.2. The largest absolute Gasteiger partial charge is 0.329 e. The van der Waals surface area contributed by atoms with Crippen LogP contribution in [-0.4, -0.2) is 13.8 Å². The summed E-state index contributed by atoms with van der Waals surface area (Å²) in [6, 6.07) is 5.86. The molecule has 0 N–H and O–H groups in total. The van der Waals surface area contributed by atoms with E-state index in [1.54, 1.807) is 6.66 Å². The first-order valence-electron chi connectivity index (χ1n) is 4.18. The van der Waals surface area contributed by atoms with E-state index in [0.29, 0.717) is 0 Å². The van der Waals surface area contributed by atoms with Crippen LogP contribution in [0.3, 0.4) is 0 Å². The van der Waals surface area contributed by atoms with Crippen LogP contribution in [0.1, 0.15) is 11.1 Å². The van der Waals surface area contributed by atoms with Crippen LogP contribution in [0, 0.1) is 13.8 Å². The van der Waals surface area contributed by atoms with Gasteiger partial charge in [-0.2, -0.15) is 0 Å². The van der Waals surface area contributed by atoms with Crippen molar-refractivity contribution in [3.05, 3.63) is 29.3 Å². The number of hydrogen-bond donors (Lipinski definition) is 0. The van der Waals surface area contributed by atoms with Crippen molar-refractivity contribution in [1.29, 1.82) is 0 Å². The maximum Gasteiger partial charge on any atom is 0.229 e. The van der Waals surface area contributed by atoms with Crippen molar-refractivity contribution in [3.63, 3.8) is 0 Å². The molecule has 0 aliphatic carbocycles. The molecule has 0 spiro atoms. The fraction of sp³-hybridized carbons (Fsp3) is 0.400. The molecule has 0 saturated heterocycles. The molecule has 1 unspecified atom stereocenters. The Bertz CT molecular complexity index is 358. The first-order valence-corrected chi connectivity index (χ1v) is 6.25. The molecule has 1 atom stereocenters. The third kappa shape index (κ3) is 2.20. The molecule has 0 aliphatic rings. The molecule has 13 heavy (non-hydrogen) atoms. The lowest BCUT2D eigenvalue weighted by molar-refractivity contribution is 0.408. The minimum absolute atomic E-state index is 0.820. The third-order valence-corrected chi connectivity index (χ3v) is 4.21. The molecule has 72 valence electrons. The quantitative estimate of drug-likeness (QED) is 0.682. The summed E-state index contributed by atoms with van der Waals surface area (Å²) in [6.45, 7) is 5.62. The van der Waals surface area contributed by atoms with Crippen LogP contribution in [0.4, 0.5) is 0 Å². The fourth-order valence-corrected chi connectivity index (χ4v) is 2.61. The Balaban J connectivity index is 3.24. The van der Waals surface area contributed by atoms with Crippen LogP contribution in [-0.2, 0) is 9.09 Å². The van der Waals surface area contributed by atoms with Crippen LogP contribution >= 0.6 is 7.37 Å². The van der Waals surface area contributed by atoms with Crippen molar-refractivity contribution >= 4 is 12.7 Å². The predicted octanol–water partition coefficient (Wildman–Crippen LogP) is 2.48. The van der Waals surface area contributed by atoms with Crippen LogP contribution < -0.4 is 5.30 Å². The van der Waals surface area contributed by atoms with Gasteiger partial charge < -0.3 is 4.52 Å². The number of aryl methyl sites for hydroxylation is 2. The van der Waals surface area contributed by atoms with Gasteiger partial charge in [0.1, 0.15) is 0 Å². The highest BCUT2D eigenvalue weighted by atomic mass is 31.2. The summed E-state index contributed by atoms with van der Waals surface area (Å²) in [4.78, 5) is 0. The molecule has 3 heteroatoms. The number of hydrogen-bond acceptors (Lipinski definition) is 2. The second-order valence-electron chi connectivity index (χ2n) is 3.32. The Labute approximate surface area is 79.4 Å². The molecular formula is C10H15O2P. The molecule has 0 heterocycles. The molecule has 1 aromatic carbocycles. The lowest BCUT2D eigenvalue weighted by Gasteiger charge is -2.13. The lowest BCUT2D eigenvalue weighted by Crippen LogP contribution is -2.09. The zero-order valence-electron chi connectivity index (χ0n) is 8.50. The first kappa shape index (κ1) is 10.5. The van der Waals surface area contributed by atoms with E-state index in [4.69, 9.17) is 4.52 Å². The molecule has 2 nitrogen and oxygen atoms in total. The van der Waals surface area contributed by atoms with Crippen molar-refractivity contribution < 1.29 is 9.09 Å². The van der Waals surface area contributed by atoms with E-state index in [1.807, 2.05) is 32.0 Å². The Hall–Kier alpha value is -0.590. The van der Waals surface area contributed by atoms with Crippen molar-refractivity contribution in [2.45, 2.75) is 13.8 Å². The third-order valence-electron chi connectivity index (χ3n) is 2.14. The average molecular weight is 198 g/mol. The highest BCUT2D eigenvalue weighted by Gasteiger charge is 2.18. The van der Waals surface area contributed by atoms with Crippen molar-refractivity contribution in [3.8, 4) is 0 Å². The normalized spacial score (nSPS) is 15.4. The van der Waals surface area contributed by atoms with Crippen LogP contribution in [0.15, 0.2) is 18.2 Å². The summed E-state index contributed by atoms with van der Waals surface area (Å²) in [5, 5.41) is 0.820. The van der Waals surface area contributed by atoms with Crippen molar-refractivity contribution in [1.82, 2.24) is 0 Å². The maximum absolute atomic E-state index is 11.9. The van der Waals surface area contributed by atoms with Gasteiger partial charge in [-0.05, 0) is 25.5 Å². The fourth-order valence-electron chi connectivity index (χ4n) is 1.36. The SMILES string of the molecule is COP(C)(=O)c1ccc(C)cc1C. The molecular weight excluding hydrogens is 183 g/mol. The van der Waals surface area contributed by atoms with E-state index < -0.39 is 7.37 Å². The Morgan fingerprint density at radius 3 is 2.38 bits per heavy atom. The number of rotatable bonds is 2. The van der Waals surface area contributed by atoms with E-state index in [1.165, 1.54) is 12.7 Å². The van der Waals surface area contributed by atoms with Gasteiger partial charge in [0.25, 0.3) is 0 Å². The molecule has 0 amide bonds. The smallest absolute Gasteiger partial charge is 0.229 e. The van der Waals surface area contributed by atoms with Gasteiger partial charge in [-0.3, -0.25) is 4.57 Å². The Kier molecular flexibility index (Phi) is 2.94. The second kappa shape index (κ2) is 3.65. The van der Waals surface area contributed by atoms with Crippen LogP contribution in [0.5, 0.6) is 0 Å². The van der Waals surface area contributed by atoms with Gasteiger partial charge in [0, 0.05) is 19.1 Å². The maximum atomic E-state index is 11.9. The molecule has 0 aromatic heterocycles. The minimum atomic E-state index is -2.58. The monoisotopic (exact) mass is 198 g/mol. The van der Waals surface area contributed by atoms with E-state index in [9.17, 15) is 4.57 Å². The first-order chi connectivity index (χ1) is 5.97. The minimum Gasteiger partial charge on any atom is -0.329 e. The Morgan fingerprint density at radius 2 is 1.92 bits per heavy atom. The zero-order valence-corrected chi connectivity index (χ0v) is 9.39. The summed E-state index contributed by atoms with van der Waals surface area (Å²) >= 11 is 0. The Morgan fingerprint density at radius 1 is 1.31 bits per heavy atom. The van der Waals surface area contributed by atoms with Gasteiger partial charge in [-0.15, -0.1) is 0 Å². The van der Waals surface area contributed by atoms with Gasteiger partial charge in [-0.1, -0.05) is 17.7 Å². The molecule has 0 aliphatic heterocycles. The van der Waals surface area contributed by atoms with Gasteiger partial charge in [0.05, 0.1) is 0 Å². The molecule has 0 radical (unpaired) electrons. The summed E-state index contributed by atoms with van der Waals surface area (Å²) < 4.78 is 16.9. The zero-order chi connectivity index (χ0) is 10.1. The van der Waals surface area contributed by atoms with Crippen LogP contribution in [0.25, 0.3) is 0 Å². The van der Waals surface area contributed by atoms with E-state index in [0.717, 1.165) is 10.9 Å². The summed E-state index contributed by atoms with van der Waals surface area (Å²) in [6.07, 6.45) is 0. The van der Waals surface area contributed by atoms with Gasteiger partial charge in [0.2, 0.25) is 7.37 Å². The molecule has 0 bridgehead atoms. The highest BCUT2D eigenvalue weighted by molar-refractivity contribution is 7.66. The van der Waals surface area contributed by atoms with Crippen molar-refractivity contribution in [2.24, 2.45) is 0 Å². The molecule has 0 saturated carbocycles. The van der Waals surface area contributed by atoms with Gasteiger partial charge in [0.15, 0.2) is 0 Å². The van der Waals surface area contributed by atoms with Gasteiger partial charge >= 0.3 is 0 Å². The topological polar surface area (TPSA) is 26.3 Å². The second-order valence-corrected chi connectivity index (χ2v) is 5.86. The standard InChI is InChI=1S/C10H15O2P/c1-8-5-6-10(9(2)7-8)13(4,11)12-3/h5-7H,1-4H3. The van der Waals surface area contributed by atoms with E-state index >= 15 is 0 Å². The average Bonchev–Trinajstić information content (AvgIpc) is 2.03.